The second kappa shape index (κ2) is 7.87. The molecule has 2 N–H and O–H groups in total. The predicted octanol–water partition coefficient (Wildman–Crippen LogP) is 2.23. The first-order chi connectivity index (χ1) is 7.25. The van der Waals surface area contributed by atoms with Gasteiger partial charge in [-0.25, -0.2) is 9.78 Å². The second-order valence-corrected chi connectivity index (χ2v) is 4.79. The molecule has 17 heavy (non-hydrogen) atoms. The molecule has 0 spiro atoms. The third kappa shape index (κ3) is 4.79. The molecule has 7 heteroatoms. The third-order valence-corrected chi connectivity index (χ3v) is 3.50. The molecule has 2 heterocycles. The molecule has 4 nitrogen and oxygen atoms in total. The number of aromatic carboxylic acids is 1. The van der Waals surface area contributed by atoms with Crippen LogP contribution >= 0.6 is 36.2 Å². The molecule has 0 radical (unpaired) electrons. The molecule has 0 saturated carbocycles. The Bertz CT molecular complexity index is 354. The van der Waals surface area contributed by atoms with E-state index in [1.807, 2.05) is 0 Å². The van der Waals surface area contributed by atoms with Crippen LogP contribution in [0.2, 0.25) is 0 Å². The number of hydrogen-bond donors (Lipinski definition) is 2. The number of nitrogens with one attached hydrogen (secondary N) is 1. The summed E-state index contributed by atoms with van der Waals surface area (Å²) in [5.74, 6) is -0.314. The first-order valence-electron chi connectivity index (χ1n) is 5.14. The van der Waals surface area contributed by atoms with E-state index in [1.54, 1.807) is 5.38 Å². The summed E-state index contributed by atoms with van der Waals surface area (Å²) in [7, 11) is 0. The molecule has 1 aliphatic rings. The number of halogens is 2. The van der Waals surface area contributed by atoms with E-state index in [0.717, 1.165) is 24.5 Å². The quantitative estimate of drug-likeness (QED) is 0.898. The zero-order valence-corrected chi connectivity index (χ0v) is 11.7. The summed E-state index contributed by atoms with van der Waals surface area (Å²) < 4.78 is 0. The van der Waals surface area contributed by atoms with Crippen LogP contribution in [-0.2, 0) is 6.42 Å². The molecular weight excluding hydrogens is 283 g/mol. The fourth-order valence-corrected chi connectivity index (χ4v) is 2.73. The van der Waals surface area contributed by atoms with Crippen molar-refractivity contribution in [2.24, 2.45) is 5.92 Å². The van der Waals surface area contributed by atoms with Gasteiger partial charge in [-0.2, -0.15) is 0 Å². The maximum atomic E-state index is 10.6. The van der Waals surface area contributed by atoms with Crippen LogP contribution in [-0.4, -0.2) is 29.1 Å². The van der Waals surface area contributed by atoms with E-state index in [2.05, 4.69) is 10.3 Å². The van der Waals surface area contributed by atoms with Gasteiger partial charge in [-0.1, -0.05) is 0 Å². The van der Waals surface area contributed by atoms with Gasteiger partial charge in [0.25, 0.3) is 0 Å². The van der Waals surface area contributed by atoms with Gasteiger partial charge >= 0.3 is 5.97 Å². The normalized spacial score (nSPS) is 18.9. The van der Waals surface area contributed by atoms with Crippen molar-refractivity contribution in [3.05, 3.63) is 16.1 Å². The van der Waals surface area contributed by atoms with Gasteiger partial charge in [0.05, 0.1) is 5.01 Å². The van der Waals surface area contributed by atoms with Crippen molar-refractivity contribution in [2.75, 3.05) is 13.1 Å². The van der Waals surface area contributed by atoms with E-state index >= 15 is 0 Å². The van der Waals surface area contributed by atoms with Crippen LogP contribution in [0.15, 0.2) is 5.38 Å². The van der Waals surface area contributed by atoms with Crippen LogP contribution in [0.1, 0.15) is 28.3 Å². The standard InChI is InChI=1S/C10H14N2O2S.2ClH/c13-10(14)8-6-15-9(12-8)4-7-2-1-3-11-5-7;;/h6-7,11H,1-5H2,(H,13,14);2*1H. The van der Waals surface area contributed by atoms with Crippen LogP contribution in [0.25, 0.3) is 0 Å². The van der Waals surface area contributed by atoms with Gasteiger partial charge in [0.2, 0.25) is 0 Å². The van der Waals surface area contributed by atoms with Crippen LogP contribution in [0.4, 0.5) is 0 Å². The van der Waals surface area contributed by atoms with Crippen molar-refractivity contribution < 1.29 is 9.90 Å². The lowest BCUT2D eigenvalue weighted by atomic mass is 9.97. The molecular formula is C10H16Cl2N2O2S. The van der Waals surface area contributed by atoms with Gasteiger partial charge in [-0.05, 0) is 31.8 Å². The lowest BCUT2D eigenvalue weighted by molar-refractivity contribution is 0.0691. The van der Waals surface area contributed by atoms with Gasteiger partial charge in [0.15, 0.2) is 5.69 Å². The number of piperidine rings is 1. The summed E-state index contributed by atoms with van der Waals surface area (Å²) >= 11 is 1.45. The SMILES string of the molecule is Cl.Cl.O=C(O)c1csc(CC2CCCNC2)n1. The first kappa shape index (κ1) is 16.6. The zero-order valence-electron chi connectivity index (χ0n) is 9.22. The Morgan fingerprint density at radius 3 is 2.88 bits per heavy atom. The number of nitrogens with zero attached hydrogens (tertiary/aromatic N) is 1. The molecule has 0 bridgehead atoms. The van der Waals surface area contributed by atoms with Crippen molar-refractivity contribution in [3.63, 3.8) is 0 Å². The molecule has 1 fully saturated rings. The van der Waals surface area contributed by atoms with Gasteiger partial charge in [0, 0.05) is 11.8 Å². The average molecular weight is 299 g/mol. The Kier molecular flexibility index (Phi) is 7.70. The molecule has 1 saturated heterocycles. The molecule has 1 aromatic heterocycles. The van der Waals surface area contributed by atoms with E-state index in [9.17, 15) is 4.79 Å². The third-order valence-electron chi connectivity index (χ3n) is 2.63. The van der Waals surface area contributed by atoms with Crippen LogP contribution in [0, 0.1) is 5.92 Å². The van der Waals surface area contributed by atoms with Crippen LogP contribution in [0.3, 0.4) is 0 Å². The molecule has 2 rings (SSSR count). The minimum Gasteiger partial charge on any atom is -0.476 e. The van der Waals surface area contributed by atoms with E-state index in [0.29, 0.717) is 5.92 Å². The summed E-state index contributed by atoms with van der Waals surface area (Å²) in [4.78, 5) is 14.7. The Morgan fingerprint density at radius 1 is 1.59 bits per heavy atom. The van der Waals surface area contributed by atoms with Crippen molar-refractivity contribution in [1.82, 2.24) is 10.3 Å². The van der Waals surface area contributed by atoms with Gasteiger partial charge in [-0.15, -0.1) is 36.2 Å². The predicted molar refractivity (Wildman–Crippen MR) is 72.9 cm³/mol. The van der Waals surface area contributed by atoms with Gasteiger partial charge in [0.1, 0.15) is 0 Å². The highest BCUT2D eigenvalue weighted by atomic mass is 35.5. The monoisotopic (exact) mass is 298 g/mol. The van der Waals surface area contributed by atoms with E-state index in [1.165, 1.54) is 24.2 Å². The summed E-state index contributed by atoms with van der Waals surface area (Å²) in [6.07, 6.45) is 3.34. The maximum absolute atomic E-state index is 10.6. The number of thiazole rings is 1. The Hall–Kier alpha value is -0.360. The van der Waals surface area contributed by atoms with Crippen molar-refractivity contribution in [3.8, 4) is 0 Å². The van der Waals surface area contributed by atoms with Crippen LogP contribution in [0.5, 0.6) is 0 Å². The Balaban J connectivity index is 0.00000128. The van der Waals surface area contributed by atoms with E-state index in [-0.39, 0.29) is 30.5 Å². The molecule has 1 aromatic rings. The molecule has 1 atom stereocenters. The molecule has 98 valence electrons. The molecule has 0 aromatic carbocycles. The molecule has 1 unspecified atom stereocenters. The average Bonchev–Trinajstić information content (AvgIpc) is 2.68. The highest BCUT2D eigenvalue weighted by Gasteiger charge is 2.16. The lowest BCUT2D eigenvalue weighted by Crippen LogP contribution is -2.30. The fraction of sp³-hybridized carbons (Fsp3) is 0.600. The number of carboxylic acid groups (broad SMARTS) is 1. The molecule has 0 aliphatic carbocycles. The van der Waals surface area contributed by atoms with Gasteiger partial charge in [-0.3, -0.25) is 0 Å². The number of carboxylic acids is 1. The highest BCUT2D eigenvalue weighted by Crippen LogP contribution is 2.19. The summed E-state index contributed by atoms with van der Waals surface area (Å²) in [6.45, 7) is 2.14. The summed E-state index contributed by atoms with van der Waals surface area (Å²) in [5, 5.41) is 14.6. The summed E-state index contributed by atoms with van der Waals surface area (Å²) in [5.41, 5.74) is 0.179. The van der Waals surface area contributed by atoms with E-state index < -0.39 is 5.97 Å². The van der Waals surface area contributed by atoms with Crippen molar-refractivity contribution in [2.45, 2.75) is 19.3 Å². The van der Waals surface area contributed by atoms with Crippen molar-refractivity contribution >= 4 is 42.1 Å². The van der Waals surface area contributed by atoms with Crippen molar-refractivity contribution in [1.29, 1.82) is 0 Å². The van der Waals surface area contributed by atoms with Crippen LogP contribution < -0.4 is 5.32 Å². The Labute approximate surface area is 117 Å². The minimum absolute atomic E-state index is 0. The summed E-state index contributed by atoms with van der Waals surface area (Å²) in [6, 6.07) is 0. The topological polar surface area (TPSA) is 62.2 Å². The Morgan fingerprint density at radius 2 is 2.35 bits per heavy atom. The maximum Gasteiger partial charge on any atom is 0.355 e. The number of aromatic nitrogens is 1. The second-order valence-electron chi connectivity index (χ2n) is 3.85. The zero-order chi connectivity index (χ0) is 10.7. The molecule has 0 amide bonds. The minimum atomic E-state index is -0.931. The van der Waals surface area contributed by atoms with Gasteiger partial charge < -0.3 is 10.4 Å². The highest BCUT2D eigenvalue weighted by molar-refractivity contribution is 7.09. The number of hydrogen-bond acceptors (Lipinski definition) is 4. The first-order valence-corrected chi connectivity index (χ1v) is 6.02. The smallest absolute Gasteiger partial charge is 0.355 e. The fourth-order valence-electron chi connectivity index (χ4n) is 1.85. The largest absolute Gasteiger partial charge is 0.476 e. The molecule has 1 aliphatic heterocycles. The number of rotatable bonds is 3. The van der Waals surface area contributed by atoms with E-state index in [4.69, 9.17) is 5.11 Å². The number of carbonyl (C=O) groups is 1. The lowest BCUT2D eigenvalue weighted by Gasteiger charge is -2.21.